The van der Waals surface area contributed by atoms with E-state index in [2.05, 4.69) is 4.98 Å². The average Bonchev–Trinajstić information content (AvgIpc) is 1.86. The summed E-state index contributed by atoms with van der Waals surface area (Å²) in [5.41, 5.74) is 1.03. The highest BCUT2D eigenvalue weighted by Crippen LogP contribution is 2.11. The maximum Gasteiger partial charge on any atom is 0.248 e. The second-order valence-corrected chi connectivity index (χ2v) is 3.42. The van der Waals surface area contributed by atoms with Gasteiger partial charge in [-0.3, -0.25) is 9.28 Å². The molecule has 1 aromatic rings. The second-order valence-electron chi connectivity index (χ2n) is 3.42. The van der Waals surface area contributed by atoms with E-state index in [0.29, 0.717) is 0 Å². The summed E-state index contributed by atoms with van der Waals surface area (Å²) in [4.78, 5) is 13.3. The number of aromatic amines is 1. The molecule has 1 heterocycles. The maximum absolute atomic E-state index is 10.7. The summed E-state index contributed by atoms with van der Waals surface area (Å²) in [6, 6.07) is 3.37. The molecule has 1 N–H and O–H groups in total. The molecule has 1 aromatic heterocycles. The quantitative estimate of drug-likeness (QED) is 0.588. The Morgan fingerprint density at radius 2 is 1.91 bits per heavy atom. The molecule has 0 bridgehead atoms. The first-order chi connectivity index (χ1) is 5.00. The lowest BCUT2D eigenvalue weighted by Gasteiger charge is -2.22. The smallest absolute Gasteiger partial charge is 0.248 e. The molecule has 0 aliphatic carbocycles. The summed E-state index contributed by atoms with van der Waals surface area (Å²) in [6.07, 6.45) is 1.74. The van der Waals surface area contributed by atoms with Crippen molar-refractivity contribution in [1.82, 2.24) is 9.47 Å². The molecule has 0 radical (unpaired) electrons. The number of nitrogens with one attached hydrogen (secondary N) is 1. The molecule has 0 aromatic carbocycles. The number of quaternary nitrogens is 1. The van der Waals surface area contributed by atoms with Crippen molar-refractivity contribution >= 4 is 5.69 Å². The predicted octanol–water partition coefficient (Wildman–Crippen LogP) is 0.572. The van der Waals surface area contributed by atoms with Gasteiger partial charge in [0.05, 0.1) is 27.3 Å². The number of rotatable bonds is 1. The second kappa shape index (κ2) is 2.51. The van der Waals surface area contributed by atoms with Crippen LogP contribution in [0.1, 0.15) is 0 Å². The first kappa shape index (κ1) is 8.01. The van der Waals surface area contributed by atoms with Crippen LogP contribution in [0, 0.1) is 0 Å². The molecule has 0 fully saturated rings. The summed E-state index contributed by atoms with van der Waals surface area (Å²) in [6.45, 7) is 0. The third-order valence-corrected chi connectivity index (χ3v) is 1.54. The Kier molecular flexibility index (Phi) is 1.83. The van der Waals surface area contributed by atoms with Crippen LogP contribution >= 0.6 is 0 Å². The number of nitrogens with zero attached hydrogens (tertiary/aromatic N) is 1. The van der Waals surface area contributed by atoms with E-state index >= 15 is 0 Å². The Labute approximate surface area is 65.9 Å². The Morgan fingerprint density at radius 1 is 1.27 bits per heavy atom. The normalized spacial score (nSPS) is 11.5. The largest absolute Gasteiger partial charge is 0.324 e. The van der Waals surface area contributed by atoms with Crippen molar-refractivity contribution < 1.29 is 0 Å². The molecule has 0 aliphatic rings. The van der Waals surface area contributed by atoms with Crippen LogP contribution in [0.4, 0.5) is 5.69 Å². The standard InChI is InChI=1S/C8H12N2O/c1-10(2,3)7-4-5-8(11)9-6-7/h4-6H,1-3H3/p+1. The zero-order valence-electron chi connectivity index (χ0n) is 7.09. The lowest BCUT2D eigenvalue weighted by atomic mass is 10.3. The minimum Gasteiger partial charge on any atom is -0.324 e. The van der Waals surface area contributed by atoms with Crippen molar-refractivity contribution in [3.63, 3.8) is 0 Å². The van der Waals surface area contributed by atoms with Gasteiger partial charge in [0.1, 0.15) is 5.69 Å². The van der Waals surface area contributed by atoms with E-state index in [4.69, 9.17) is 0 Å². The lowest BCUT2D eigenvalue weighted by molar-refractivity contribution is 0.484. The van der Waals surface area contributed by atoms with Crippen molar-refractivity contribution in [2.24, 2.45) is 0 Å². The molecule has 0 unspecified atom stereocenters. The molecule has 0 spiro atoms. The first-order valence-corrected chi connectivity index (χ1v) is 3.51. The summed E-state index contributed by atoms with van der Waals surface area (Å²) in [5.74, 6) is 0. The van der Waals surface area contributed by atoms with Gasteiger partial charge in [-0.25, -0.2) is 0 Å². The highest BCUT2D eigenvalue weighted by atomic mass is 16.1. The third kappa shape index (κ3) is 1.91. The minimum atomic E-state index is -0.0535. The van der Waals surface area contributed by atoms with Gasteiger partial charge in [-0.1, -0.05) is 0 Å². The van der Waals surface area contributed by atoms with Crippen molar-refractivity contribution in [1.29, 1.82) is 0 Å². The van der Waals surface area contributed by atoms with Gasteiger partial charge in [0.25, 0.3) is 0 Å². The third-order valence-electron chi connectivity index (χ3n) is 1.54. The van der Waals surface area contributed by atoms with Crippen molar-refractivity contribution in [2.75, 3.05) is 21.1 Å². The van der Waals surface area contributed by atoms with Gasteiger partial charge in [0, 0.05) is 12.1 Å². The van der Waals surface area contributed by atoms with Gasteiger partial charge in [0.2, 0.25) is 5.56 Å². The molecule has 60 valence electrons. The molecular formula is C8H13N2O+. The van der Waals surface area contributed by atoms with E-state index < -0.39 is 0 Å². The van der Waals surface area contributed by atoms with Gasteiger partial charge in [-0.2, -0.15) is 0 Å². The minimum absolute atomic E-state index is 0.0535. The predicted molar refractivity (Wildman–Crippen MR) is 46.6 cm³/mol. The molecule has 0 aliphatic heterocycles. The van der Waals surface area contributed by atoms with Crippen LogP contribution < -0.4 is 10.0 Å². The molecule has 0 saturated carbocycles. The molecule has 11 heavy (non-hydrogen) atoms. The van der Waals surface area contributed by atoms with Crippen LogP contribution in [-0.4, -0.2) is 26.1 Å². The van der Waals surface area contributed by atoms with Crippen LogP contribution in [-0.2, 0) is 0 Å². The fourth-order valence-corrected chi connectivity index (χ4v) is 0.820. The molecule has 0 amide bonds. The monoisotopic (exact) mass is 153 g/mol. The lowest BCUT2D eigenvalue weighted by Crippen LogP contribution is -2.35. The van der Waals surface area contributed by atoms with Crippen molar-refractivity contribution in [3.05, 3.63) is 28.7 Å². The number of pyridine rings is 1. The summed E-state index contributed by atoms with van der Waals surface area (Å²) in [5, 5.41) is 0. The Balaban J connectivity index is 3.09. The fraction of sp³-hybridized carbons (Fsp3) is 0.375. The maximum atomic E-state index is 10.7. The van der Waals surface area contributed by atoms with Crippen molar-refractivity contribution in [2.45, 2.75) is 0 Å². The number of hydrogen-bond donors (Lipinski definition) is 1. The van der Waals surface area contributed by atoms with Crippen LogP contribution in [0.5, 0.6) is 0 Å². The molecule has 1 rings (SSSR count). The summed E-state index contributed by atoms with van der Waals surface area (Å²) < 4.78 is 0.719. The first-order valence-electron chi connectivity index (χ1n) is 3.51. The zero-order valence-corrected chi connectivity index (χ0v) is 7.09. The highest BCUT2D eigenvalue weighted by Gasteiger charge is 2.10. The SMILES string of the molecule is C[N+](C)(C)c1ccc(=O)[nH]c1. The van der Waals surface area contributed by atoms with Gasteiger partial charge < -0.3 is 4.98 Å². The van der Waals surface area contributed by atoms with Crippen LogP contribution in [0.3, 0.4) is 0 Å². The average molecular weight is 153 g/mol. The number of hydrogen-bond acceptors (Lipinski definition) is 1. The topological polar surface area (TPSA) is 32.9 Å². The highest BCUT2D eigenvalue weighted by molar-refractivity contribution is 5.37. The van der Waals surface area contributed by atoms with E-state index in [1.165, 1.54) is 0 Å². The fourth-order valence-electron chi connectivity index (χ4n) is 0.820. The van der Waals surface area contributed by atoms with Gasteiger partial charge >= 0.3 is 0 Å². The van der Waals surface area contributed by atoms with E-state index in [9.17, 15) is 4.79 Å². The van der Waals surface area contributed by atoms with E-state index in [-0.39, 0.29) is 5.56 Å². The summed E-state index contributed by atoms with van der Waals surface area (Å²) >= 11 is 0. The summed E-state index contributed by atoms with van der Waals surface area (Å²) in [7, 11) is 6.15. The molecule has 3 nitrogen and oxygen atoms in total. The van der Waals surface area contributed by atoms with Gasteiger partial charge in [-0.05, 0) is 0 Å². The van der Waals surface area contributed by atoms with E-state index in [1.807, 2.05) is 27.2 Å². The Hall–Kier alpha value is -1.09. The number of H-pyrrole nitrogens is 1. The van der Waals surface area contributed by atoms with Crippen LogP contribution in [0.15, 0.2) is 23.1 Å². The van der Waals surface area contributed by atoms with E-state index in [0.717, 1.165) is 10.2 Å². The van der Waals surface area contributed by atoms with E-state index in [1.54, 1.807) is 12.3 Å². The zero-order chi connectivity index (χ0) is 8.48. The van der Waals surface area contributed by atoms with Crippen molar-refractivity contribution in [3.8, 4) is 0 Å². The van der Waals surface area contributed by atoms with Crippen LogP contribution in [0.25, 0.3) is 0 Å². The Morgan fingerprint density at radius 3 is 2.27 bits per heavy atom. The molecular weight excluding hydrogens is 140 g/mol. The Bertz CT molecular complexity index is 275. The molecule has 0 saturated heterocycles. The van der Waals surface area contributed by atoms with Crippen LogP contribution in [0.2, 0.25) is 0 Å². The number of aromatic nitrogens is 1. The van der Waals surface area contributed by atoms with Gasteiger partial charge in [0.15, 0.2) is 0 Å². The molecule has 3 heteroatoms. The molecule has 0 atom stereocenters. The van der Waals surface area contributed by atoms with Gasteiger partial charge in [-0.15, -0.1) is 0 Å².